The Labute approximate surface area is 129 Å². The van der Waals surface area contributed by atoms with E-state index in [-0.39, 0.29) is 5.91 Å². The molecule has 2 heterocycles. The fourth-order valence-corrected chi connectivity index (χ4v) is 3.18. The molecule has 0 unspecified atom stereocenters. The molecule has 1 aromatic heterocycles. The van der Waals surface area contributed by atoms with Gasteiger partial charge in [0.2, 0.25) is 0 Å². The zero-order chi connectivity index (χ0) is 15.1. The summed E-state index contributed by atoms with van der Waals surface area (Å²) in [5.41, 5.74) is 3.02. The highest BCUT2D eigenvalue weighted by atomic mass is 16.2. The molecule has 0 atom stereocenters. The predicted molar refractivity (Wildman–Crippen MR) is 87.2 cm³/mol. The molecule has 4 heteroatoms. The van der Waals surface area contributed by atoms with E-state index in [4.69, 9.17) is 0 Å². The number of amides is 1. The highest BCUT2D eigenvalue weighted by Gasteiger charge is 2.28. The van der Waals surface area contributed by atoms with E-state index >= 15 is 0 Å². The van der Waals surface area contributed by atoms with Crippen LogP contribution in [0.25, 0.3) is 10.8 Å². The van der Waals surface area contributed by atoms with Gasteiger partial charge in [0.1, 0.15) is 0 Å². The lowest BCUT2D eigenvalue weighted by atomic mass is 10.1. The van der Waals surface area contributed by atoms with Crippen LogP contribution >= 0.6 is 0 Å². The maximum absolute atomic E-state index is 12.6. The molecule has 0 N–H and O–H groups in total. The van der Waals surface area contributed by atoms with Crippen LogP contribution in [0.2, 0.25) is 0 Å². The van der Waals surface area contributed by atoms with Gasteiger partial charge in [-0.2, -0.15) is 5.10 Å². The van der Waals surface area contributed by atoms with E-state index in [2.05, 4.69) is 17.2 Å². The fourth-order valence-electron chi connectivity index (χ4n) is 3.18. The van der Waals surface area contributed by atoms with Crippen molar-refractivity contribution >= 4 is 22.4 Å². The average molecular weight is 291 g/mol. The zero-order valence-electron chi connectivity index (χ0n) is 12.5. The van der Waals surface area contributed by atoms with E-state index in [1.165, 1.54) is 0 Å². The number of aromatic nitrogens is 2. The Morgan fingerprint density at radius 1 is 1.09 bits per heavy atom. The van der Waals surface area contributed by atoms with Crippen molar-refractivity contribution in [2.45, 2.75) is 19.9 Å². The van der Waals surface area contributed by atoms with E-state index in [0.29, 0.717) is 6.54 Å². The number of carbonyl (C=O) groups excluding carboxylic acids is 1. The van der Waals surface area contributed by atoms with Crippen molar-refractivity contribution in [2.75, 3.05) is 11.4 Å². The normalized spacial score (nSPS) is 13.3. The third-order valence-corrected chi connectivity index (χ3v) is 4.18. The Morgan fingerprint density at radius 2 is 1.91 bits per heavy atom. The van der Waals surface area contributed by atoms with Crippen molar-refractivity contribution in [2.24, 2.45) is 0 Å². The second-order valence-corrected chi connectivity index (χ2v) is 5.77. The van der Waals surface area contributed by atoms with Crippen LogP contribution in [0.3, 0.4) is 0 Å². The molecule has 1 aliphatic heterocycles. The van der Waals surface area contributed by atoms with Crippen molar-refractivity contribution in [3.05, 3.63) is 59.9 Å². The first-order chi connectivity index (χ1) is 10.7. The van der Waals surface area contributed by atoms with Crippen LogP contribution in [-0.2, 0) is 6.54 Å². The average Bonchev–Trinajstić information content (AvgIpc) is 3.06. The molecule has 3 aromatic rings. The highest BCUT2D eigenvalue weighted by Crippen LogP contribution is 2.37. The fraction of sp³-hybridized carbons (Fsp3) is 0.222. The Balaban J connectivity index is 1.57. The van der Waals surface area contributed by atoms with Crippen LogP contribution in [-0.4, -0.2) is 22.2 Å². The maximum atomic E-state index is 12.6. The Morgan fingerprint density at radius 3 is 2.68 bits per heavy atom. The quantitative estimate of drug-likeness (QED) is 0.739. The van der Waals surface area contributed by atoms with Gasteiger partial charge in [0.25, 0.3) is 5.91 Å². The van der Waals surface area contributed by atoms with Gasteiger partial charge in [-0.3, -0.25) is 9.48 Å². The Hall–Kier alpha value is -2.62. The molecule has 0 spiro atoms. The lowest BCUT2D eigenvalue weighted by molar-refractivity contribution is 0.0992. The molecular weight excluding hydrogens is 274 g/mol. The number of benzene rings is 2. The maximum Gasteiger partial charge on any atom is 0.258 e. The van der Waals surface area contributed by atoms with Crippen molar-refractivity contribution in [1.82, 2.24) is 9.78 Å². The van der Waals surface area contributed by atoms with E-state index < -0.39 is 0 Å². The topological polar surface area (TPSA) is 38.1 Å². The number of carbonyl (C=O) groups is 1. The molecule has 0 radical (unpaired) electrons. The first-order valence-electron chi connectivity index (χ1n) is 7.57. The van der Waals surface area contributed by atoms with Crippen LogP contribution in [0.15, 0.2) is 48.8 Å². The summed E-state index contributed by atoms with van der Waals surface area (Å²) in [6, 6.07) is 12.1. The number of rotatable bonds is 4. The summed E-state index contributed by atoms with van der Waals surface area (Å²) >= 11 is 0. The SMILES string of the molecule is Cc1cnn(CCCN2C(=O)c3cccc4cccc2c34)c1. The van der Waals surface area contributed by atoms with E-state index in [9.17, 15) is 4.79 Å². The van der Waals surface area contributed by atoms with Crippen molar-refractivity contribution in [3.8, 4) is 0 Å². The standard InChI is InChI=1S/C18H17N3O/c1-13-11-19-20(12-13)9-4-10-21-16-8-3-6-14-5-2-7-15(17(14)16)18(21)22/h2-3,5-8,11-12H,4,9-10H2,1H3. The molecule has 4 nitrogen and oxygen atoms in total. The van der Waals surface area contributed by atoms with E-state index in [1.807, 2.05) is 53.2 Å². The van der Waals surface area contributed by atoms with Crippen molar-refractivity contribution < 1.29 is 4.79 Å². The summed E-state index contributed by atoms with van der Waals surface area (Å²) < 4.78 is 1.93. The smallest absolute Gasteiger partial charge is 0.258 e. The monoisotopic (exact) mass is 291 g/mol. The molecule has 1 aliphatic rings. The number of nitrogens with zero attached hydrogens (tertiary/aromatic N) is 3. The molecule has 1 amide bonds. The van der Waals surface area contributed by atoms with E-state index in [0.717, 1.165) is 40.6 Å². The summed E-state index contributed by atoms with van der Waals surface area (Å²) in [4.78, 5) is 14.5. The molecule has 0 aliphatic carbocycles. The van der Waals surface area contributed by atoms with E-state index in [1.54, 1.807) is 0 Å². The van der Waals surface area contributed by atoms with Gasteiger partial charge in [0, 0.05) is 30.2 Å². The van der Waals surface area contributed by atoms with Crippen LogP contribution in [0.1, 0.15) is 22.3 Å². The van der Waals surface area contributed by atoms with Crippen LogP contribution in [0, 0.1) is 6.92 Å². The molecule has 0 fully saturated rings. The van der Waals surface area contributed by atoms with Crippen LogP contribution in [0.5, 0.6) is 0 Å². The number of hydrogen-bond donors (Lipinski definition) is 0. The molecule has 0 bridgehead atoms. The summed E-state index contributed by atoms with van der Waals surface area (Å²) in [5, 5.41) is 6.51. The lowest BCUT2D eigenvalue weighted by Gasteiger charge is -2.17. The van der Waals surface area contributed by atoms with Gasteiger partial charge in [-0.15, -0.1) is 0 Å². The zero-order valence-corrected chi connectivity index (χ0v) is 12.5. The number of hydrogen-bond acceptors (Lipinski definition) is 2. The molecule has 0 saturated heterocycles. The molecule has 2 aromatic carbocycles. The lowest BCUT2D eigenvalue weighted by Crippen LogP contribution is -2.28. The molecule has 110 valence electrons. The van der Waals surface area contributed by atoms with Gasteiger partial charge in [-0.1, -0.05) is 24.3 Å². The first kappa shape index (κ1) is 13.1. The summed E-state index contributed by atoms with van der Waals surface area (Å²) in [6.45, 7) is 3.57. The van der Waals surface area contributed by atoms with Crippen LogP contribution < -0.4 is 4.90 Å². The minimum atomic E-state index is 0.114. The third-order valence-electron chi connectivity index (χ3n) is 4.18. The molecular formula is C18H17N3O. The minimum Gasteiger partial charge on any atom is -0.308 e. The Bertz CT molecular complexity index is 860. The van der Waals surface area contributed by atoms with Crippen LogP contribution in [0.4, 0.5) is 5.69 Å². The van der Waals surface area contributed by atoms with Gasteiger partial charge in [0.15, 0.2) is 0 Å². The highest BCUT2D eigenvalue weighted by molar-refractivity contribution is 6.24. The second-order valence-electron chi connectivity index (χ2n) is 5.77. The minimum absolute atomic E-state index is 0.114. The third kappa shape index (κ3) is 1.99. The van der Waals surface area contributed by atoms with Crippen molar-refractivity contribution in [3.63, 3.8) is 0 Å². The molecule has 4 rings (SSSR count). The van der Waals surface area contributed by atoms with Gasteiger partial charge in [0.05, 0.1) is 11.9 Å². The van der Waals surface area contributed by atoms with Gasteiger partial charge < -0.3 is 4.90 Å². The number of anilines is 1. The first-order valence-corrected chi connectivity index (χ1v) is 7.57. The Kier molecular flexibility index (Phi) is 2.96. The summed E-state index contributed by atoms with van der Waals surface area (Å²) in [7, 11) is 0. The largest absolute Gasteiger partial charge is 0.308 e. The molecule has 0 saturated carbocycles. The second kappa shape index (κ2) is 4.98. The summed E-state index contributed by atoms with van der Waals surface area (Å²) in [5.74, 6) is 0.114. The van der Waals surface area contributed by atoms with Gasteiger partial charge in [-0.05, 0) is 36.4 Å². The summed E-state index contributed by atoms with van der Waals surface area (Å²) in [6.07, 6.45) is 4.77. The molecule has 22 heavy (non-hydrogen) atoms. The van der Waals surface area contributed by atoms with Gasteiger partial charge >= 0.3 is 0 Å². The van der Waals surface area contributed by atoms with Gasteiger partial charge in [-0.25, -0.2) is 0 Å². The number of aryl methyl sites for hydroxylation is 2. The predicted octanol–water partition coefficient (Wildman–Crippen LogP) is 3.40. The van der Waals surface area contributed by atoms with Crippen molar-refractivity contribution in [1.29, 1.82) is 0 Å².